The Balaban J connectivity index is 2.65. The quantitative estimate of drug-likeness (QED) is 0.734. The third-order valence-electron chi connectivity index (χ3n) is 2.14. The van der Waals surface area contributed by atoms with Crippen molar-refractivity contribution in [3.05, 3.63) is 53.7 Å². The Labute approximate surface area is 90.8 Å². The molecule has 0 fully saturated rings. The van der Waals surface area contributed by atoms with E-state index in [1.54, 1.807) is 18.2 Å². The predicted molar refractivity (Wildman–Crippen MR) is 54.3 cm³/mol. The monoisotopic (exact) mass is 216 g/mol. The minimum Gasteiger partial charge on any atom is -0.256 e. The number of nitrogens with zero attached hydrogens (tertiary/aromatic N) is 2. The molecule has 0 aliphatic carbocycles. The van der Waals surface area contributed by atoms with Gasteiger partial charge in [0, 0.05) is 11.8 Å². The van der Waals surface area contributed by atoms with Crippen LogP contribution in [0, 0.1) is 23.0 Å². The lowest BCUT2D eigenvalue weighted by molar-refractivity contribution is 0.579. The van der Waals surface area contributed by atoms with E-state index >= 15 is 0 Å². The molecule has 2 aromatic rings. The molecule has 0 saturated carbocycles. The number of halogens is 2. The van der Waals surface area contributed by atoms with Crippen molar-refractivity contribution in [2.24, 2.45) is 0 Å². The molecule has 1 heterocycles. The first-order chi connectivity index (χ1) is 7.74. The summed E-state index contributed by atoms with van der Waals surface area (Å²) in [5, 5.41) is 8.62. The van der Waals surface area contributed by atoms with Gasteiger partial charge in [0.15, 0.2) is 5.82 Å². The number of hydrogen-bond donors (Lipinski definition) is 0. The van der Waals surface area contributed by atoms with Crippen molar-refractivity contribution >= 4 is 0 Å². The van der Waals surface area contributed by atoms with E-state index in [2.05, 4.69) is 4.98 Å². The van der Waals surface area contributed by atoms with Crippen LogP contribution in [0.3, 0.4) is 0 Å². The van der Waals surface area contributed by atoms with Gasteiger partial charge < -0.3 is 0 Å². The zero-order valence-electron chi connectivity index (χ0n) is 8.11. The molecule has 0 N–H and O–H groups in total. The Kier molecular flexibility index (Phi) is 2.61. The van der Waals surface area contributed by atoms with Gasteiger partial charge in [-0.3, -0.25) is 4.98 Å². The molecule has 0 aliphatic rings. The molecular weight excluding hydrogens is 210 g/mol. The average molecular weight is 216 g/mol. The van der Waals surface area contributed by atoms with E-state index in [1.807, 2.05) is 0 Å². The summed E-state index contributed by atoms with van der Waals surface area (Å²) in [6, 6.07) is 8.81. The molecule has 0 radical (unpaired) electrons. The van der Waals surface area contributed by atoms with Gasteiger partial charge in [0.25, 0.3) is 0 Å². The first kappa shape index (κ1) is 10.2. The lowest BCUT2D eigenvalue weighted by Gasteiger charge is -2.03. The van der Waals surface area contributed by atoms with Crippen molar-refractivity contribution < 1.29 is 8.78 Å². The van der Waals surface area contributed by atoms with Crippen LogP contribution in [-0.2, 0) is 0 Å². The van der Waals surface area contributed by atoms with Crippen LogP contribution in [0.5, 0.6) is 0 Å². The SMILES string of the molecule is N#Cc1c(F)ccc(-c2ccccn2)c1F. The average Bonchev–Trinajstić information content (AvgIpc) is 2.31. The fraction of sp³-hybridized carbons (Fsp3) is 0. The summed E-state index contributed by atoms with van der Waals surface area (Å²) in [5.74, 6) is -1.74. The van der Waals surface area contributed by atoms with Crippen LogP contribution < -0.4 is 0 Å². The molecule has 0 amide bonds. The Morgan fingerprint density at radius 3 is 2.56 bits per heavy atom. The molecule has 1 aromatic carbocycles. The summed E-state index contributed by atoms with van der Waals surface area (Å²) in [5.41, 5.74) is -0.0850. The van der Waals surface area contributed by atoms with Crippen LogP contribution in [0.1, 0.15) is 5.56 Å². The number of hydrogen-bond acceptors (Lipinski definition) is 2. The lowest BCUT2D eigenvalue weighted by Crippen LogP contribution is -1.94. The molecule has 78 valence electrons. The second-order valence-electron chi connectivity index (χ2n) is 3.11. The Morgan fingerprint density at radius 2 is 1.94 bits per heavy atom. The van der Waals surface area contributed by atoms with Gasteiger partial charge in [-0.15, -0.1) is 0 Å². The highest BCUT2D eigenvalue weighted by Gasteiger charge is 2.14. The topological polar surface area (TPSA) is 36.7 Å². The van der Waals surface area contributed by atoms with Crippen LogP contribution in [0.25, 0.3) is 11.3 Å². The maximum atomic E-state index is 13.7. The lowest BCUT2D eigenvalue weighted by atomic mass is 10.1. The minimum atomic E-state index is -0.874. The summed E-state index contributed by atoms with van der Waals surface area (Å²) in [6.45, 7) is 0. The van der Waals surface area contributed by atoms with Crippen molar-refractivity contribution in [3.63, 3.8) is 0 Å². The summed E-state index contributed by atoms with van der Waals surface area (Å²) >= 11 is 0. The summed E-state index contributed by atoms with van der Waals surface area (Å²) < 4.78 is 26.8. The van der Waals surface area contributed by atoms with Crippen LogP contribution in [0.4, 0.5) is 8.78 Å². The highest BCUT2D eigenvalue weighted by Crippen LogP contribution is 2.24. The largest absolute Gasteiger partial charge is 0.256 e. The molecule has 4 heteroatoms. The fourth-order valence-electron chi connectivity index (χ4n) is 1.37. The number of benzene rings is 1. The van der Waals surface area contributed by atoms with Crippen LogP contribution in [0.2, 0.25) is 0 Å². The second kappa shape index (κ2) is 4.07. The van der Waals surface area contributed by atoms with E-state index in [-0.39, 0.29) is 5.56 Å². The Morgan fingerprint density at radius 1 is 1.12 bits per heavy atom. The number of pyridine rings is 1. The van der Waals surface area contributed by atoms with Crippen molar-refractivity contribution in [1.29, 1.82) is 5.26 Å². The predicted octanol–water partition coefficient (Wildman–Crippen LogP) is 2.90. The van der Waals surface area contributed by atoms with Gasteiger partial charge in [-0.05, 0) is 24.3 Å². The Hall–Kier alpha value is -2.28. The Bertz CT molecular complexity index is 559. The molecule has 1 aromatic heterocycles. The molecular formula is C12H6F2N2. The molecule has 0 unspecified atom stereocenters. The van der Waals surface area contributed by atoms with Gasteiger partial charge in [-0.25, -0.2) is 8.78 Å². The van der Waals surface area contributed by atoms with E-state index in [0.717, 1.165) is 6.07 Å². The smallest absolute Gasteiger partial charge is 0.153 e. The van der Waals surface area contributed by atoms with E-state index in [9.17, 15) is 8.78 Å². The molecule has 2 nitrogen and oxygen atoms in total. The third kappa shape index (κ3) is 1.63. The standard InChI is InChI=1S/C12H6F2N2/c13-10-5-4-8(12(14)9(10)7-15)11-3-1-2-6-16-11/h1-6H. The van der Waals surface area contributed by atoms with Crippen LogP contribution >= 0.6 is 0 Å². The normalized spacial score (nSPS) is 9.81. The zero-order valence-corrected chi connectivity index (χ0v) is 8.11. The van der Waals surface area contributed by atoms with Crippen molar-refractivity contribution in [2.45, 2.75) is 0 Å². The van der Waals surface area contributed by atoms with E-state index in [4.69, 9.17) is 5.26 Å². The summed E-state index contributed by atoms with van der Waals surface area (Å²) in [7, 11) is 0. The van der Waals surface area contributed by atoms with Crippen LogP contribution in [0.15, 0.2) is 36.5 Å². The van der Waals surface area contributed by atoms with Crippen LogP contribution in [-0.4, -0.2) is 4.98 Å². The van der Waals surface area contributed by atoms with Crippen molar-refractivity contribution in [1.82, 2.24) is 4.98 Å². The summed E-state index contributed by atoms with van der Waals surface area (Å²) in [4.78, 5) is 3.94. The van der Waals surface area contributed by atoms with Gasteiger partial charge in [0.2, 0.25) is 0 Å². The number of aromatic nitrogens is 1. The number of rotatable bonds is 1. The van der Waals surface area contributed by atoms with Gasteiger partial charge in [-0.2, -0.15) is 5.26 Å². The first-order valence-electron chi connectivity index (χ1n) is 4.53. The second-order valence-corrected chi connectivity index (χ2v) is 3.11. The van der Waals surface area contributed by atoms with Gasteiger partial charge in [0.1, 0.15) is 17.4 Å². The highest BCUT2D eigenvalue weighted by atomic mass is 19.1. The van der Waals surface area contributed by atoms with Gasteiger partial charge in [0.05, 0.1) is 5.69 Å². The minimum absolute atomic E-state index is 0.124. The molecule has 16 heavy (non-hydrogen) atoms. The molecule has 2 rings (SSSR count). The van der Waals surface area contributed by atoms with E-state index in [1.165, 1.54) is 18.3 Å². The summed E-state index contributed by atoms with van der Waals surface area (Å²) in [6.07, 6.45) is 1.50. The fourth-order valence-corrected chi connectivity index (χ4v) is 1.37. The third-order valence-corrected chi connectivity index (χ3v) is 2.14. The number of nitriles is 1. The van der Waals surface area contributed by atoms with Gasteiger partial charge >= 0.3 is 0 Å². The van der Waals surface area contributed by atoms with E-state index in [0.29, 0.717) is 5.69 Å². The van der Waals surface area contributed by atoms with Crippen molar-refractivity contribution in [3.8, 4) is 17.3 Å². The molecule has 0 saturated heterocycles. The maximum absolute atomic E-state index is 13.7. The maximum Gasteiger partial charge on any atom is 0.153 e. The molecule has 0 bridgehead atoms. The van der Waals surface area contributed by atoms with E-state index < -0.39 is 17.2 Å². The van der Waals surface area contributed by atoms with Crippen molar-refractivity contribution in [2.75, 3.05) is 0 Å². The highest BCUT2D eigenvalue weighted by molar-refractivity contribution is 5.62. The molecule has 0 aliphatic heterocycles. The van der Waals surface area contributed by atoms with Gasteiger partial charge in [-0.1, -0.05) is 6.07 Å². The zero-order chi connectivity index (χ0) is 11.5. The molecule has 0 atom stereocenters. The first-order valence-corrected chi connectivity index (χ1v) is 4.53. The molecule has 0 spiro atoms.